The lowest BCUT2D eigenvalue weighted by Crippen LogP contribution is -2.37. The number of allylic oxidation sites excluding steroid dienone is 12. The van der Waals surface area contributed by atoms with Crippen LogP contribution >= 0.6 is 7.82 Å². The minimum atomic E-state index is -4.39. The van der Waals surface area contributed by atoms with Crippen LogP contribution < -0.4 is 0 Å². The van der Waals surface area contributed by atoms with Gasteiger partial charge in [0.2, 0.25) is 0 Å². The van der Waals surface area contributed by atoms with Crippen molar-refractivity contribution in [3.05, 3.63) is 72.9 Å². The molecule has 0 fully saturated rings. The van der Waals surface area contributed by atoms with E-state index in [2.05, 4.69) is 86.8 Å². The van der Waals surface area contributed by atoms with Crippen LogP contribution in [0.2, 0.25) is 0 Å². The van der Waals surface area contributed by atoms with Gasteiger partial charge < -0.3 is 18.9 Å². The summed E-state index contributed by atoms with van der Waals surface area (Å²) in [6.07, 6.45) is 75.5. The Morgan fingerprint density at radius 2 is 0.750 bits per heavy atom. The number of carbonyl (C=O) groups excluding carboxylic acids is 2. The summed E-state index contributed by atoms with van der Waals surface area (Å²) in [7, 11) is 1.48. The average molecular weight is 1090 g/mol. The Hall–Kier alpha value is -2.55. The number of phosphoric ester groups is 1. The van der Waals surface area contributed by atoms with E-state index in [1.165, 1.54) is 186 Å². The number of hydrogen-bond donors (Lipinski definition) is 1. The van der Waals surface area contributed by atoms with E-state index in [4.69, 9.17) is 18.5 Å². The number of hydrogen-bond acceptors (Lipinski definition) is 7. The average Bonchev–Trinajstić information content (AvgIpc) is 3.38. The van der Waals surface area contributed by atoms with E-state index in [1.807, 2.05) is 21.1 Å². The van der Waals surface area contributed by atoms with Gasteiger partial charge in [0.25, 0.3) is 0 Å². The van der Waals surface area contributed by atoms with Crippen LogP contribution in [0.1, 0.15) is 284 Å². The van der Waals surface area contributed by atoms with Gasteiger partial charge in [-0.1, -0.05) is 260 Å². The van der Waals surface area contributed by atoms with Gasteiger partial charge >= 0.3 is 19.8 Å². The molecule has 0 spiro atoms. The third-order valence-electron chi connectivity index (χ3n) is 13.7. The molecule has 2 unspecified atom stereocenters. The van der Waals surface area contributed by atoms with E-state index in [9.17, 15) is 19.0 Å². The fourth-order valence-electron chi connectivity index (χ4n) is 8.86. The Bertz CT molecular complexity index is 1510. The molecule has 0 aromatic carbocycles. The fraction of sp³-hybridized carbons (Fsp3) is 0.788. The van der Waals surface area contributed by atoms with Crippen molar-refractivity contribution >= 4 is 19.8 Å². The number of unbranched alkanes of at least 4 members (excludes halogenated alkanes) is 32. The van der Waals surface area contributed by atoms with Crippen molar-refractivity contribution in [2.45, 2.75) is 290 Å². The summed E-state index contributed by atoms with van der Waals surface area (Å²) in [5.74, 6) is -0.793. The third kappa shape index (κ3) is 60.7. The number of esters is 2. The van der Waals surface area contributed by atoms with Crippen LogP contribution in [-0.2, 0) is 32.7 Å². The van der Waals surface area contributed by atoms with E-state index in [0.29, 0.717) is 17.4 Å². The van der Waals surface area contributed by atoms with Crippen molar-refractivity contribution in [3.8, 4) is 0 Å². The van der Waals surface area contributed by atoms with Crippen molar-refractivity contribution in [1.82, 2.24) is 0 Å². The van der Waals surface area contributed by atoms with Gasteiger partial charge in [-0.25, -0.2) is 4.57 Å². The number of ether oxygens (including phenoxy) is 2. The van der Waals surface area contributed by atoms with Crippen LogP contribution in [0.15, 0.2) is 72.9 Å². The van der Waals surface area contributed by atoms with Crippen LogP contribution in [-0.4, -0.2) is 74.9 Å². The number of rotatable bonds is 58. The minimum absolute atomic E-state index is 0.0302. The lowest BCUT2D eigenvalue weighted by molar-refractivity contribution is -0.870. The molecule has 0 rings (SSSR count). The minimum Gasteiger partial charge on any atom is -0.462 e. The maximum Gasteiger partial charge on any atom is 0.472 e. The molecule has 0 amide bonds. The molecule has 0 radical (unpaired) electrons. The first-order valence-electron chi connectivity index (χ1n) is 31.7. The predicted octanol–water partition coefficient (Wildman–Crippen LogP) is 20.0. The maximum absolute atomic E-state index is 12.8. The molecule has 2 atom stereocenters. The summed E-state index contributed by atoms with van der Waals surface area (Å²) < 4.78 is 34.6. The molecule has 0 aliphatic heterocycles. The molecule has 0 aliphatic rings. The van der Waals surface area contributed by atoms with Crippen LogP contribution in [0.4, 0.5) is 0 Å². The van der Waals surface area contributed by atoms with Gasteiger partial charge in [0.15, 0.2) is 6.10 Å². The van der Waals surface area contributed by atoms with E-state index in [0.717, 1.165) is 64.2 Å². The Labute approximate surface area is 469 Å². The molecule has 9 nitrogen and oxygen atoms in total. The first-order valence-corrected chi connectivity index (χ1v) is 33.2. The number of nitrogens with zero attached hydrogens (tertiary/aromatic N) is 1. The molecular weight excluding hydrogens is 966 g/mol. The van der Waals surface area contributed by atoms with Gasteiger partial charge in [0, 0.05) is 12.8 Å². The molecule has 0 bridgehead atoms. The van der Waals surface area contributed by atoms with Crippen LogP contribution in [0.3, 0.4) is 0 Å². The normalized spacial score (nSPS) is 13.7. The van der Waals surface area contributed by atoms with Crippen LogP contribution in [0.25, 0.3) is 0 Å². The highest BCUT2D eigenvalue weighted by molar-refractivity contribution is 7.47. The van der Waals surface area contributed by atoms with E-state index in [1.54, 1.807) is 0 Å². The number of carbonyl (C=O) groups is 2. The van der Waals surface area contributed by atoms with Crippen LogP contribution in [0, 0.1) is 0 Å². The van der Waals surface area contributed by atoms with Crippen molar-refractivity contribution < 1.29 is 42.1 Å². The van der Waals surface area contributed by atoms with Gasteiger partial charge in [0.05, 0.1) is 27.7 Å². The molecule has 10 heteroatoms. The zero-order valence-corrected chi connectivity index (χ0v) is 51.1. The first-order chi connectivity index (χ1) is 37.0. The van der Waals surface area contributed by atoms with E-state index in [-0.39, 0.29) is 32.0 Å². The van der Waals surface area contributed by atoms with Gasteiger partial charge in [0.1, 0.15) is 19.8 Å². The summed E-state index contributed by atoms with van der Waals surface area (Å²) in [4.78, 5) is 35.8. The van der Waals surface area contributed by atoms with E-state index >= 15 is 0 Å². The summed E-state index contributed by atoms with van der Waals surface area (Å²) >= 11 is 0. The van der Waals surface area contributed by atoms with E-state index < -0.39 is 26.5 Å². The molecule has 0 saturated carbocycles. The van der Waals surface area contributed by atoms with Gasteiger partial charge in [-0.3, -0.25) is 18.6 Å². The van der Waals surface area contributed by atoms with Crippen molar-refractivity contribution in [3.63, 3.8) is 0 Å². The standard InChI is InChI=1S/C66H120NO8P/c1-6-8-10-12-14-16-18-20-22-24-26-28-29-30-31-32-33-34-35-36-37-39-41-43-45-47-49-51-53-55-57-59-66(69)75-64(63-74-76(70,71)73-61-60-67(3,4)5)62-72-65(68)58-56-54-52-50-48-46-44-42-40-38-27-25-23-21-19-17-15-13-11-9-7-2/h8,10,14,16,19-22,25-28,64H,6-7,9,11-13,15,17-18,23-24,29-63H2,1-5H3/p+1/b10-8-,16-14-,21-19-,22-20-,27-25-,28-26-. The first kappa shape index (κ1) is 73.5. The highest BCUT2D eigenvalue weighted by atomic mass is 31.2. The second kappa shape index (κ2) is 57.1. The molecule has 1 N–H and O–H groups in total. The Balaban J connectivity index is 4.07. The number of quaternary nitrogens is 1. The van der Waals surface area contributed by atoms with Crippen LogP contribution in [0.5, 0.6) is 0 Å². The molecule has 0 heterocycles. The Morgan fingerprint density at radius 1 is 0.421 bits per heavy atom. The highest BCUT2D eigenvalue weighted by Gasteiger charge is 2.27. The number of likely N-dealkylation sites (N-methyl/N-ethyl adjacent to an activating group) is 1. The summed E-state index contributed by atoms with van der Waals surface area (Å²) in [6.45, 7) is 4.34. The lowest BCUT2D eigenvalue weighted by atomic mass is 10.0. The second-order valence-corrected chi connectivity index (χ2v) is 23.9. The lowest BCUT2D eigenvalue weighted by Gasteiger charge is -2.24. The summed E-state index contributed by atoms with van der Waals surface area (Å²) in [5, 5.41) is 0. The molecular formula is C66H121NO8P+. The van der Waals surface area contributed by atoms with Gasteiger partial charge in [-0.05, 0) is 83.5 Å². The summed E-state index contributed by atoms with van der Waals surface area (Å²) in [5.41, 5.74) is 0. The Kier molecular flexibility index (Phi) is 55.2. The predicted molar refractivity (Wildman–Crippen MR) is 326 cm³/mol. The molecule has 0 aromatic heterocycles. The second-order valence-electron chi connectivity index (χ2n) is 22.4. The maximum atomic E-state index is 12.8. The monoisotopic (exact) mass is 1090 g/mol. The largest absolute Gasteiger partial charge is 0.472 e. The third-order valence-corrected chi connectivity index (χ3v) is 14.7. The van der Waals surface area contributed by atoms with Gasteiger partial charge in [-0.2, -0.15) is 0 Å². The topological polar surface area (TPSA) is 108 Å². The fourth-order valence-corrected chi connectivity index (χ4v) is 9.60. The summed E-state index contributed by atoms with van der Waals surface area (Å²) in [6, 6.07) is 0. The number of phosphoric acid groups is 1. The molecule has 76 heavy (non-hydrogen) atoms. The Morgan fingerprint density at radius 3 is 1.12 bits per heavy atom. The quantitative estimate of drug-likeness (QED) is 0.0211. The molecule has 0 saturated heterocycles. The zero-order valence-electron chi connectivity index (χ0n) is 50.2. The smallest absolute Gasteiger partial charge is 0.462 e. The molecule has 442 valence electrons. The molecule has 0 aliphatic carbocycles. The van der Waals surface area contributed by atoms with Crippen molar-refractivity contribution in [2.75, 3.05) is 47.5 Å². The zero-order chi connectivity index (χ0) is 55.6. The van der Waals surface area contributed by atoms with Crippen molar-refractivity contribution in [1.29, 1.82) is 0 Å². The SMILES string of the molecule is CC/C=C\C/C=C\C/C=C\C/C=C\CCCCCCCCCCCCCCCCCCCCC(=O)OC(COC(=O)CCCCCCCCCCC/C=C\C/C=C\CCCCCCC)COP(=O)(O)OCC[N+](C)(C)C. The van der Waals surface area contributed by atoms with Gasteiger partial charge in [-0.15, -0.1) is 0 Å². The molecule has 0 aromatic rings. The van der Waals surface area contributed by atoms with Crippen molar-refractivity contribution in [2.24, 2.45) is 0 Å². The highest BCUT2D eigenvalue weighted by Crippen LogP contribution is 2.43.